The molecule has 0 radical (unpaired) electrons. The minimum absolute atomic E-state index is 0.117. The zero-order valence-electron chi connectivity index (χ0n) is 11.2. The normalized spacial score (nSPS) is 11.2. The summed E-state index contributed by atoms with van der Waals surface area (Å²) in [5, 5.41) is 22.9. The van der Waals surface area contributed by atoms with Crippen LogP contribution in [0.3, 0.4) is 0 Å². The third kappa shape index (κ3) is 3.82. The fourth-order valence-electron chi connectivity index (χ4n) is 1.65. The van der Waals surface area contributed by atoms with E-state index in [2.05, 4.69) is 26.5 Å². The number of nitrogens with one attached hydrogen (secondary N) is 1. The molecule has 0 heterocycles. The van der Waals surface area contributed by atoms with E-state index in [1.807, 2.05) is 0 Å². The topological polar surface area (TPSA) is 81.9 Å². The van der Waals surface area contributed by atoms with Crippen molar-refractivity contribution in [1.29, 1.82) is 0 Å². The van der Waals surface area contributed by atoms with Crippen molar-refractivity contribution >= 4 is 27.5 Å². The number of hydrazone groups is 1. The van der Waals surface area contributed by atoms with Crippen molar-refractivity contribution in [2.75, 3.05) is 0 Å². The predicted molar refractivity (Wildman–Crippen MR) is 83.6 cm³/mol. The van der Waals surface area contributed by atoms with Crippen LogP contribution in [-0.2, 0) is 0 Å². The van der Waals surface area contributed by atoms with E-state index in [1.54, 1.807) is 25.1 Å². The quantitative estimate of drug-likeness (QED) is 0.589. The zero-order valence-corrected chi connectivity index (χ0v) is 12.8. The van der Waals surface area contributed by atoms with Crippen LogP contribution in [0, 0.1) is 0 Å². The first-order valence-corrected chi connectivity index (χ1v) is 6.89. The van der Waals surface area contributed by atoms with Gasteiger partial charge >= 0.3 is 0 Å². The van der Waals surface area contributed by atoms with E-state index in [9.17, 15) is 15.0 Å². The highest BCUT2D eigenvalue weighted by atomic mass is 79.9. The summed E-state index contributed by atoms with van der Waals surface area (Å²) in [7, 11) is 0. The second-order valence-corrected chi connectivity index (χ2v) is 5.26. The van der Waals surface area contributed by atoms with E-state index in [0.717, 1.165) is 5.56 Å². The Balaban J connectivity index is 2.14. The van der Waals surface area contributed by atoms with E-state index >= 15 is 0 Å². The number of amides is 1. The van der Waals surface area contributed by atoms with Gasteiger partial charge in [0.15, 0.2) is 0 Å². The van der Waals surface area contributed by atoms with Crippen molar-refractivity contribution in [1.82, 2.24) is 5.43 Å². The van der Waals surface area contributed by atoms with Crippen LogP contribution in [0.1, 0.15) is 22.8 Å². The Hall–Kier alpha value is -2.34. The van der Waals surface area contributed by atoms with Crippen molar-refractivity contribution in [3.8, 4) is 11.5 Å². The largest absolute Gasteiger partial charge is 0.508 e. The number of benzene rings is 2. The maximum atomic E-state index is 12.0. The Morgan fingerprint density at radius 3 is 2.48 bits per heavy atom. The van der Waals surface area contributed by atoms with Crippen LogP contribution in [0.4, 0.5) is 0 Å². The number of carbonyl (C=O) groups excluding carboxylic acids is 1. The molecule has 2 rings (SSSR count). The van der Waals surface area contributed by atoms with Gasteiger partial charge in [-0.25, -0.2) is 5.43 Å². The number of phenolic OH excluding ortho intramolecular Hbond substituents is 2. The van der Waals surface area contributed by atoms with Crippen molar-refractivity contribution in [3.05, 3.63) is 58.1 Å². The van der Waals surface area contributed by atoms with Gasteiger partial charge in [-0.05, 0) is 55.0 Å². The summed E-state index contributed by atoms with van der Waals surface area (Å²) in [6, 6.07) is 11.0. The molecule has 0 aliphatic rings. The summed E-state index contributed by atoms with van der Waals surface area (Å²) in [6.45, 7) is 1.73. The molecule has 108 valence electrons. The molecule has 0 unspecified atom stereocenters. The van der Waals surface area contributed by atoms with Gasteiger partial charge in [0.05, 0.1) is 11.3 Å². The SMILES string of the molecule is C/C(=N\NC(=O)c1cc(Br)ccc1O)c1ccc(O)cc1. The molecular weight excluding hydrogens is 336 g/mol. The molecule has 2 aromatic rings. The second kappa shape index (κ2) is 6.41. The Bertz CT molecular complexity index is 697. The number of halogens is 1. The third-order valence-electron chi connectivity index (χ3n) is 2.81. The number of hydrogen-bond donors (Lipinski definition) is 3. The van der Waals surface area contributed by atoms with Crippen LogP contribution in [0.25, 0.3) is 0 Å². The molecule has 0 spiro atoms. The highest BCUT2D eigenvalue weighted by Gasteiger charge is 2.11. The van der Waals surface area contributed by atoms with E-state index in [1.165, 1.54) is 24.3 Å². The summed E-state index contributed by atoms with van der Waals surface area (Å²) in [4.78, 5) is 12.0. The molecule has 2 aromatic carbocycles. The number of phenols is 2. The Kier molecular flexibility index (Phi) is 4.59. The van der Waals surface area contributed by atoms with Gasteiger partial charge in [-0.3, -0.25) is 4.79 Å². The van der Waals surface area contributed by atoms with Crippen LogP contribution >= 0.6 is 15.9 Å². The third-order valence-corrected chi connectivity index (χ3v) is 3.31. The lowest BCUT2D eigenvalue weighted by molar-refractivity contribution is 0.0952. The predicted octanol–water partition coefficient (Wildman–Crippen LogP) is 3.01. The van der Waals surface area contributed by atoms with Crippen LogP contribution in [0.2, 0.25) is 0 Å². The second-order valence-electron chi connectivity index (χ2n) is 4.35. The van der Waals surface area contributed by atoms with E-state index in [4.69, 9.17) is 0 Å². The Morgan fingerprint density at radius 2 is 1.81 bits per heavy atom. The first-order chi connectivity index (χ1) is 9.97. The fourth-order valence-corrected chi connectivity index (χ4v) is 2.01. The van der Waals surface area contributed by atoms with Crippen LogP contribution in [0.5, 0.6) is 11.5 Å². The zero-order chi connectivity index (χ0) is 15.4. The van der Waals surface area contributed by atoms with Gasteiger partial charge in [-0.1, -0.05) is 15.9 Å². The summed E-state index contributed by atoms with van der Waals surface area (Å²) in [6.07, 6.45) is 0. The summed E-state index contributed by atoms with van der Waals surface area (Å²) in [5.74, 6) is -0.463. The van der Waals surface area contributed by atoms with E-state index < -0.39 is 5.91 Å². The monoisotopic (exact) mass is 348 g/mol. The minimum atomic E-state index is -0.507. The van der Waals surface area contributed by atoms with Gasteiger partial charge < -0.3 is 10.2 Å². The van der Waals surface area contributed by atoms with Crippen LogP contribution < -0.4 is 5.43 Å². The number of aromatic hydroxyl groups is 2. The molecule has 6 heteroatoms. The molecule has 0 aliphatic heterocycles. The van der Waals surface area contributed by atoms with Crippen LogP contribution in [0.15, 0.2) is 52.0 Å². The smallest absolute Gasteiger partial charge is 0.275 e. The lowest BCUT2D eigenvalue weighted by Crippen LogP contribution is -2.19. The van der Waals surface area contributed by atoms with Gasteiger partial charge in [0.25, 0.3) is 5.91 Å². The highest BCUT2D eigenvalue weighted by Crippen LogP contribution is 2.21. The van der Waals surface area contributed by atoms with Crippen molar-refractivity contribution in [2.45, 2.75) is 6.92 Å². The maximum absolute atomic E-state index is 12.0. The lowest BCUT2D eigenvalue weighted by Gasteiger charge is -2.05. The van der Waals surface area contributed by atoms with Gasteiger partial charge in [-0.15, -0.1) is 0 Å². The first-order valence-electron chi connectivity index (χ1n) is 6.10. The molecule has 0 aromatic heterocycles. The van der Waals surface area contributed by atoms with Gasteiger partial charge in [-0.2, -0.15) is 5.10 Å². The van der Waals surface area contributed by atoms with E-state index in [-0.39, 0.29) is 17.1 Å². The molecule has 1 amide bonds. The molecular formula is C15H13BrN2O3. The number of rotatable bonds is 3. The molecule has 0 bridgehead atoms. The van der Waals surface area contributed by atoms with Crippen LogP contribution in [-0.4, -0.2) is 21.8 Å². The molecule has 0 atom stereocenters. The average molecular weight is 349 g/mol. The molecule has 3 N–H and O–H groups in total. The molecule has 0 saturated heterocycles. The molecule has 21 heavy (non-hydrogen) atoms. The molecule has 0 saturated carbocycles. The van der Waals surface area contributed by atoms with Gasteiger partial charge in [0, 0.05) is 4.47 Å². The maximum Gasteiger partial charge on any atom is 0.275 e. The summed E-state index contributed by atoms with van der Waals surface area (Å²) >= 11 is 3.24. The molecule has 0 fully saturated rings. The minimum Gasteiger partial charge on any atom is -0.508 e. The first kappa shape index (κ1) is 15.1. The van der Waals surface area contributed by atoms with Crippen molar-refractivity contribution in [3.63, 3.8) is 0 Å². The molecule has 0 aliphatic carbocycles. The number of nitrogens with zero attached hydrogens (tertiary/aromatic N) is 1. The van der Waals surface area contributed by atoms with Crippen molar-refractivity contribution in [2.24, 2.45) is 5.10 Å². The lowest BCUT2D eigenvalue weighted by atomic mass is 10.1. The fraction of sp³-hybridized carbons (Fsp3) is 0.0667. The number of hydrogen-bond acceptors (Lipinski definition) is 4. The average Bonchev–Trinajstić information content (AvgIpc) is 2.47. The summed E-state index contributed by atoms with van der Waals surface area (Å²) in [5.41, 5.74) is 3.87. The summed E-state index contributed by atoms with van der Waals surface area (Å²) < 4.78 is 0.685. The Labute approximate surface area is 130 Å². The molecule has 5 nitrogen and oxygen atoms in total. The van der Waals surface area contributed by atoms with Gasteiger partial charge in [0.2, 0.25) is 0 Å². The standard InChI is InChI=1S/C15H13BrN2O3/c1-9(10-2-5-12(19)6-3-10)17-18-15(21)13-8-11(16)4-7-14(13)20/h2-8,19-20H,1H3,(H,18,21)/b17-9+. The highest BCUT2D eigenvalue weighted by molar-refractivity contribution is 9.10. The number of carbonyl (C=O) groups is 1. The Morgan fingerprint density at radius 1 is 1.14 bits per heavy atom. The van der Waals surface area contributed by atoms with Crippen molar-refractivity contribution < 1.29 is 15.0 Å². The van der Waals surface area contributed by atoms with Gasteiger partial charge in [0.1, 0.15) is 11.5 Å². The van der Waals surface area contributed by atoms with E-state index in [0.29, 0.717) is 10.2 Å².